The zero-order valence-electron chi connectivity index (χ0n) is 3.89. The molecule has 0 aliphatic heterocycles. The summed E-state index contributed by atoms with van der Waals surface area (Å²) in [6.07, 6.45) is 0.617. The van der Waals surface area contributed by atoms with Crippen molar-refractivity contribution in [3.8, 4) is 0 Å². The average Bonchev–Trinajstić information content (AvgIpc) is 1.35. The van der Waals surface area contributed by atoms with E-state index >= 15 is 0 Å². The summed E-state index contributed by atoms with van der Waals surface area (Å²) in [5, 5.41) is 8.50. The van der Waals surface area contributed by atoms with Gasteiger partial charge in [0.25, 0.3) is 0 Å². The number of hydrogen-bond acceptors (Lipinski definition) is 2. The Morgan fingerprint density at radius 1 is 1.83 bits per heavy atom. The third-order valence-electron chi connectivity index (χ3n) is 0.547. The van der Waals surface area contributed by atoms with Crippen LogP contribution in [-0.2, 0) is 0 Å². The van der Waals surface area contributed by atoms with Crippen LogP contribution < -0.4 is 0 Å². The van der Waals surface area contributed by atoms with E-state index in [-0.39, 0.29) is 6.10 Å². The van der Waals surface area contributed by atoms with Crippen molar-refractivity contribution in [3.05, 3.63) is 0 Å². The highest BCUT2D eigenvalue weighted by molar-refractivity contribution is 7.80. The molecule has 0 rings (SSSR count). The van der Waals surface area contributed by atoms with Gasteiger partial charge in [0.15, 0.2) is 0 Å². The summed E-state index contributed by atoms with van der Waals surface area (Å²) in [6, 6.07) is 0. The molecule has 0 aromatic heterocycles. The third-order valence-corrected chi connectivity index (χ3v) is 0.805. The SMILES string of the molecule is C[C@H](O)CCS. The molecule has 0 fully saturated rings. The van der Waals surface area contributed by atoms with Crippen molar-refractivity contribution in [1.29, 1.82) is 0 Å². The topological polar surface area (TPSA) is 20.2 Å². The number of aliphatic hydroxyl groups excluding tert-OH is 1. The average molecular weight is 106 g/mol. The Labute approximate surface area is 43.8 Å². The Morgan fingerprint density at radius 3 is 2.33 bits per heavy atom. The van der Waals surface area contributed by atoms with Gasteiger partial charge < -0.3 is 5.11 Å². The van der Waals surface area contributed by atoms with Gasteiger partial charge in [0.1, 0.15) is 0 Å². The Kier molecular flexibility index (Phi) is 3.68. The Morgan fingerprint density at radius 2 is 2.33 bits per heavy atom. The van der Waals surface area contributed by atoms with Gasteiger partial charge in [0, 0.05) is 0 Å². The molecule has 1 nitrogen and oxygen atoms in total. The first-order chi connectivity index (χ1) is 2.77. The van der Waals surface area contributed by atoms with E-state index in [2.05, 4.69) is 12.6 Å². The van der Waals surface area contributed by atoms with Crippen molar-refractivity contribution < 1.29 is 5.11 Å². The van der Waals surface area contributed by atoms with Crippen molar-refractivity contribution in [3.63, 3.8) is 0 Å². The second-order valence-corrected chi connectivity index (χ2v) is 1.81. The highest BCUT2D eigenvalue weighted by Crippen LogP contribution is 1.88. The maximum Gasteiger partial charge on any atom is 0.0519 e. The van der Waals surface area contributed by atoms with Crippen molar-refractivity contribution in [2.45, 2.75) is 19.4 Å². The van der Waals surface area contributed by atoms with E-state index in [9.17, 15) is 0 Å². The largest absolute Gasteiger partial charge is 0.393 e. The number of thiol groups is 1. The van der Waals surface area contributed by atoms with E-state index in [4.69, 9.17) is 5.11 Å². The molecule has 0 heterocycles. The van der Waals surface area contributed by atoms with Gasteiger partial charge in [-0.1, -0.05) is 0 Å². The van der Waals surface area contributed by atoms with Crippen LogP contribution in [0.4, 0.5) is 0 Å². The van der Waals surface area contributed by atoms with Crippen LogP contribution in [0.25, 0.3) is 0 Å². The summed E-state index contributed by atoms with van der Waals surface area (Å²) in [6.45, 7) is 1.76. The molecule has 0 aliphatic carbocycles. The van der Waals surface area contributed by atoms with E-state index in [1.807, 2.05) is 0 Å². The molecule has 0 saturated carbocycles. The van der Waals surface area contributed by atoms with Crippen LogP contribution >= 0.6 is 12.6 Å². The van der Waals surface area contributed by atoms with Gasteiger partial charge in [-0.15, -0.1) is 0 Å². The number of hydrogen-bond donors (Lipinski definition) is 2. The fraction of sp³-hybridized carbons (Fsp3) is 1.00. The fourth-order valence-electron chi connectivity index (χ4n) is 0.187. The number of aliphatic hydroxyl groups is 1. The maximum absolute atomic E-state index is 8.50. The first-order valence-corrected chi connectivity index (χ1v) is 2.69. The fourth-order valence-corrected chi connectivity index (χ4v) is 0.561. The minimum Gasteiger partial charge on any atom is -0.393 e. The van der Waals surface area contributed by atoms with Gasteiger partial charge in [0.05, 0.1) is 6.10 Å². The minimum atomic E-state index is -0.178. The van der Waals surface area contributed by atoms with E-state index < -0.39 is 0 Å². The molecule has 0 saturated heterocycles. The van der Waals surface area contributed by atoms with Crippen LogP contribution in [0.3, 0.4) is 0 Å². The lowest BCUT2D eigenvalue weighted by atomic mass is 10.3. The van der Waals surface area contributed by atoms with Crippen molar-refractivity contribution in [2.75, 3.05) is 5.75 Å². The summed E-state index contributed by atoms with van der Waals surface area (Å²) in [5.74, 6) is 0.775. The highest BCUT2D eigenvalue weighted by Gasteiger charge is 1.87. The Hall–Kier alpha value is 0.310. The molecule has 0 bridgehead atoms. The van der Waals surface area contributed by atoms with Crippen LogP contribution in [0.1, 0.15) is 13.3 Å². The van der Waals surface area contributed by atoms with E-state index in [0.29, 0.717) is 0 Å². The molecule has 0 aromatic rings. The van der Waals surface area contributed by atoms with Gasteiger partial charge in [-0.25, -0.2) is 0 Å². The maximum atomic E-state index is 8.50. The lowest BCUT2D eigenvalue weighted by Crippen LogP contribution is -1.98. The van der Waals surface area contributed by atoms with Crippen molar-refractivity contribution >= 4 is 12.6 Å². The molecule has 0 aliphatic rings. The molecule has 2 heteroatoms. The summed E-state index contributed by atoms with van der Waals surface area (Å²) >= 11 is 3.90. The molecular formula is C4H10OS. The molecule has 0 radical (unpaired) electrons. The molecular weight excluding hydrogens is 96.1 g/mol. The van der Waals surface area contributed by atoms with Gasteiger partial charge in [-0.3, -0.25) is 0 Å². The second-order valence-electron chi connectivity index (χ2n) is 1.36. The minimum absolute atomic E-state index is 0.178. The molecule has 0 aromatic carbocycles. The molecule has 38 valence electrons. The molecule has 1 N–H and O–H groups in total. The van der Waals surface area contributed by atoms with Gasteiger partial charge in [-0.05, 0) is 19.1 Å². The van der Waals surface area contributed by atoms with Crippen LogP contribution in [0.2, 0.25) is 0 Å². The van der Waals surface area contributed by atoms with Crippen LogP contribution in [-0.4, -0.2) is 17.0 Å². The van der Waals surface area contributed by atoms with Gasteiger partial charge >= 0.3 is 0 Å². The zero-order chi connectivity index (χ0) is 4.99. The first kappa shape index (κ1) is 6.31. The lowest BCUT2D eigenvalue weighted by Gasteiger charge is -1.95. The molecule has 0 unspecified atom stereocenters. The second kappa shape index (κ2) is 3.50. The first-order valence-electron chi connectivity index (χ1n) is 2.06. The van der Waals surface area contributed by atoms with Crippen LogP contribution in [0.15, 0.2) is 0 Å². The summed E-state index contributed by atoms with van der Waals surface area (Å²) in [5.41, 5.74) is 0. The predicted octanol–water partition coefficient (Wildman–Crippen LogP) is 0.687. The molecule has 1 atom stereocenters. The molecule has 0 spiro atoms. The molecule has 6 heavy (non-hydrogen) atoms. The van der Waals surface area contributed by atoms with Gasteiger partial charge in [-0.2, -0.15) is 12.6 Å². The summed E-state index contributed by atoms with van der Waals surface area (Å²) in [7, 11) is 0. The standard InChI is InChI=1S/C4H10OS/c1-4(5)2-3-6/h4-6H,2-3H2,1H3/t4-/m0/s1. The smallest absolute Gasteiger partial charge is 0.0519 e. The predicted molar refractivity (Wildman–Crippen MR) is 30.2 cm³/mol. The summed E-state index contributed by atoms with van der Waals surface area (Å²) in [4.78, 5) is 0. The van der Waals surface area contributed by atoms with E-state index in [0.717, 1.165) is 12.2 Å². The highest BCUT2D eigenvalue weighted by atomic mass is 32.1. The Bertz CT molecular complexity index is 28.7. The van der Waals surface area contributed by atoms with Crippen LogP contribution in [0, 0.1) is 0 Å². The van der Waals surface area contributed by atoms with E-state index in [1.54, 1.807) is 6.92 Å². The van der Waals surface area contributed by atoms with E-state index in [1.165, 1.54) is 0 Å². The van der Waals surface area contributed by atoms with Gasteiger partial charge in [0.2, 0.25) is 0 Å². The third kappa shape index (κ3) is 4.31. The van der Waals surface area contributed by atoms with Crippen molar-refractivity contribution in [1.82, 2.24) is 0 Å². The molecule has 0 amide bonds. The Balaban J connectivity index is 2.63. The monoisotopic (exact) mass is 106 g/mol. The quantitative estimate of drug-likeness (QED) is 0.496. The summed E-state index contributed by atoms with van der Waals surface area (Å²) < 4.78 is 0. The normalized spacial score (nSPS) is 14.5. The number of rotatable bonds is 2. The lowest BCUT2D eigenvalue weighted by molar-refractivity contribution is 0.192. The van der Waals surface area contributed by atoms with Crippen LogP contribution in [0.5, 0.6) is 0 Å². The zero-order valence-corrected chi connectivity index (χ0v) is 4.78. The van der Waals surface area contributed by atoms with Crippen molar-refractivity contribution in [2.24, 2.45) is 0 Å².